The van der Waals surface area contributed by atoms with Crippen LogP contribution in [0.3, 0.4) is 0 Å². The SMILES string of the molecule is NC(=O)C1CCCN(C(=O)C2CCCCN2)C1. The van der Waals surface area contributed by atoms with Crippen molar-refractivity contribution in [2.75, 3.05) is 19.6 Å². The van der Waals surface area contributed by atoms with Crippen LogP contribution in [-0.4, -0.2) is 42.4 Å². The zero-order chi connectivity index (χ0) is 12.3. The molecule has 0 aromatic rings. The summed E-state index contributed by atoms with van der Waals surface area (Å²) in [5.41, 5.74) is 5.32. The Hall–Kier alpha value is -1.10. The smallest absolute Gasteiger partial charge is 0.239 e. The Morgan fingerprint density at radius 3 is 2.65 bits per heavy atom. The molecule has 2 aliphatic rings. The van der Waals surface area contributed by atoms with Crippen molar-refractivity contribution < 1.29 is 9.59 Å². The van der Waals surface area contributed by atoms with Crippen LogP contribution in [-0.2, 0) is 9.59 Å². The molecule has 0 saturated carbocycles. The Morgan fingerprint density at radius 2 is 2.00 bits per heavy atom. The molecule has 3 N–H and O–H groups in total. The van der Waals surface area contributed by atoms with Crippen LogP contribution in [0.1, 0.15) is 32.1 Å². The minimum absolute atomic E-state index is 0.0459. The maximum atomic E-state index is 12.2. The predicted molar refractivity (Wildman–Crippen MR) is 64.1 cm³/mol. The number of carbonyl (C=O) groups excluding carboxylic acids is 2. The first-order valence-corrected chi connectivity index (χ1v) is 6.50. The van der Waals surface area contributed by atoms with Gasteiger partial charge in [0.15, 0.2) is 0 Å². The molecule has 0 aliphatic carbocycles. The van der Waals surface area contributed by atoms with Gasteiger partial charge in [0.2, 0.25) is 11.8 Å². The van der Waals surface area contributed by atoms with Crippen molar-refractivity contribution in [2.45, 2.75) is 38.1 Å². The molecule has 5 nitrogen and oxygen atoms in total. The monoisotopic (exact) mass is 239 g/mol. The van der Waals surface area contributed by atoms with E-state index in [1.165, 1.54) is 0 Å². The number of hydrogen-bond acceptors (Lipinski definition) is 3. The molecule has 2 aliphatic heterocycles. The van der Waals surface area contributed by atoms with Gasteiger partial charge in [-0.1, -0.05) is 6.42 Å². The third kappa shape index (κ3) is 2.97. The number of rotatable bonds is 2. The highest BCUT2D eigenvalue weighted by molar-refractivity contribution is 5.83. The first-order valence-electron chi connectivity index (χ1n) is 6.50. The number of piperidine rings is 2. The molecule has 2 fully saturated rings. The number of carbonyl (C=O) groups is 2. The summed E-state index contributed by atoms with van der Waals surface area (Å²) in [7, 11) is 0. The van der Waals surface area contributed by atoms with Crippen molar-refractivity contribution in [3.8, 4) is 0 Å². The number of nitrogens with zero attached hydrogens (tertiary/aromatic N) is 1. The number of primary amides is 1. The second-order valence-electron chi connectivity index (χ2n) is 5.03. The number of nitrogens with one attached hydrogen (secondary N) is 1. The first-order chi connectivity index (χ1) is 8.18. The van der Waals surface area contributed by atoms with Gasteiger partial charge >= 0.3 is 0 Å². The standard InChI is InChI=1S/C12H21N3O2/c13-11(16)9-4-3-7-15(8-9)12(17)10-5-1-2-6-14-10/h9-10,14H,1-8H2,(H2,13,16). The van der Waals surface area contributed by atoms with E-state index in [9.17, 15) is 9.59 Å². The molecule has 5 heteroatoms. The summed E-state index contributed by atoms with van der Waals surface area (Å²) in [6, 6.07) is -0.0459. The normalized spacial score (nSPS) is 30.0. The molecule has 0 aromatic heterocycles. The van der Waals surface area contributed by atoms with Gasteiger partial charge in [0.25, 0.3) is 0 Å². The van der Waals surface area contributed by atoms with E-state index in [1.54, 1.807) is 0 Å². The summed E-state index contributed by atoms with van der Waals surface area (Å²) in [6.07, 6.45) is 4.87. The summed E-state index contributed by atoms with van der Waals surface area (Å²) in [5, 5.41) is 3.25. The van der Waals surface area contributed by atoms with Crippen LogP contribution >= 0.6 is 0 Å². The van der Waals surface area contributed by atoms with E-state index in [4.69, 9.17) is 5.73 Å². The van der Waals surface area contributed by atoms with Gasteiger partial charge in [0, 0.05) is 13.1 Å². The van der Waals surface area contributed by atoms with E-state index in [0.29, 0.717) is 6.54 Å². The fraction of sp³-hybridized carbons (Fsp3) is 0.833. The first kappa shape index (κ1) is 12.4. The van der Waals surface area contributed by atoms with E-state index in [0.717, 1.165) is 45.2 Å². The molecule has 0 aromatic carbocycles. The van der Waals surface area contributed by atoms with Crippen LogP contribution in [0.2, 0.25) is 0 Å². The topological polar surface area (TPSA) is 75.4 Å². The minimum Gasteiger partial charge on any atom is -0.369 e. The Bertz CT molecular complexity index is 300. The number of hydrogen-bond donors (Lipinski definition) is 2. The van der Waals surface area contributed by atoms with Crippen LogP contribution in [0, 0.1) is 5.92 Å². The van der Waals surface area contributed by atoms with Crippen LogP contribution in [0.15, 0.2) is 0 Å². The zero-order valence-corrected chi connectivity index (χ0v) is 10.2. The maximum absolute atomic E-state index is 12.2. The second kappa shape index (κ2) is 5.49. The Morgan fingerprint density at radius 1 is 1.18 bits per heavy atom. The molecule has 2 unspecified atom stereocenters. The van der Waals surface area contributed by atoms with Crippen molar-refractivity contribution >= 4 is 11.8 Å². The van der Waals surface area contributed by atoms with E-state index in [-0.39, 0.29) is 23.8 Å². The summed E-state index contributed by atoms with van der Waals surface area (Å²) >= 11 is 0. The van der Waals surface area contributed by atoms with Crippen molar-refractivity contribution in [3.63, 3.8) is 0 Å². The van der Waals surface area contributed by atoms with Gasteiger partial charge in [-0.2, -0.15) is 0 Å². The summed E-state index contributed by atoms with van der Waals surface area (Å²) in [6.45, 7) is 2.19. The lowest BCUT2D eigenvalue weighted by atomic mass is 9.96. The largest absolute Gasteiger partial charge is 0.369 e. The van der Waals surface area contributed by atoms with Crippen molar-refractivity contribution in [1.29, 1.82) is 0 Å². The van der Waals surface area contributed by atoms with Gasteiger partial charge in [-0.3, -0.25) is 9.59 Å². The van der Waals surface area contributed by atoms with Crippen LogP contribution in [0.5, 0.6) is 0 Å². The van der Waals surface area contributed by atoms with Crippen LogP contribution in [0.25, 0.3) is 0 Å². The molecule has 0 bridgehead atoms. The van der Waals surface area contributed by atoms with Crippen LogP contribution in [0.4, 0.5) is 0 Å². The highest BCUT2D eigenvalue weighted by Gasteiger charge is 2.31. The Kier molecular flexibility index (Phi) is 3.99. The highest BCUT2D eigenvalue weighted by Crippen LogP contribution is 2.18. The molecule has 0 radical (unpaired) electrons. The van der Waals surface area contributed by atoms with Crippen molar-refractivity contribution in [3.05, 3.63) is 0 Å². The van der Waals surface area contributed by atoms with Gasteiger partial charge < -0.3 is 16.0 Å². The molecular formula is C12H21N3O2. The zero-order valence-electron chi connectivity index (χ0n) is 10.2. The van der Waals surface area contributed by atoms with E-state index in [2.05, 4.69) is 5.32 Å². The number of likely N-dealkylation sites (tertiary alicyclic amines) is 1. The third-order valence-corrected chi connectivity index (χ3v) is 3.74. The quantitative estimate of drug-likeness (QED) is 0.704. The summed E-state index contributed by atoms with van der Waals surface area (Å²) < 4.78 is 0. The highest BCUT2D eigenvalue weighted by atomic mass is 16.2. The van der Waals surface area contributed by atoms with Gasteiger partial charge in [-0.05, 0) is 32.2 Å². The predicted octanol–water partition coefficient (Wildman–Crippen LogP) is -0.148. The summed E-state index contributed by atoms with van der Waals surface area (Å²) in [5.74, 6) is -0.286. The second-order valence-corrected chi connectivity index (χ2v) is 5.03. The average molecular weight is 239 g/mol. The Labute approximate surface area is 102 Å². The van der Waals surface area contributed by atoms with Crippen LogP contribution < -0.4 is 11.1 Å². The van der Waals surface area contributed by atoms with E-state index in [1.807, 2.05) is 4.90 Å². The lowest BCUT2D eigenvalue weighted by Gasteiger charge is -2.35. The van der Waals surface area contributed by atoms with E-state index >= 15 is 0 Å². The molecule has 17 heavy (non-hydrogen) atoms. The molecule has 2 atom stereocenters. The number of nitrogens with two attached hydrogens (primary N) is 1. The van der Waals surface area contributed by atoms with Crippen molar-refractivity contribution in [2.24, 2.45) is 11.7 Å². The lowest BCUT2D eigenvalue weighted by molar-refractivity contribution is -0.137. The molecular weight excluding hydrogens is 218 g/mol. The van der Waals surface area contributed by atoms with Gasteiger partial charge in [0.1, 0.15) is 0 Å². The van der Waals surface area contributed by atoms with Gasteiger partial charge in [-0.25, -0.2) is 0 Å². The van der Waals surface area contributed by atoms with Gasteiger partial charge in [-0.15, -0.1) is 0 Å². The molecule has 2 amide bonds. The average Bonchev–Trinajstić information content (AvgIpc) is 2.39. The third-order valence-electron chi connectivity index (χ3n) is 3.74. The molecule has 2 saturated heterocycles. The summed E-state index contributed by atoms with van der Waals surface area (Å²) in [4.78, 5) is 25.2. The van der Waals surface area contributed by atoms with Crippen molar-refractivity contribution in [1.82, 2.24) is 10.2 Å². The lowest BCUT2D eigenvalue weighted by Crippen LogP contribution is -2.52. The van der Waals surface area contributed by atoms with Gasteiger partial charge in [0.05, 0.1) is 12.0 Å². The maximum Gasteiger partial charge on any atom is 0.239 e. The van der Waals surface area contributed by atoms with E-state index < -0.39 is 0 Å². The molecule has 2 rings (SSSR count). The Balaban J connectivity index is 1.91. The number of amides is 2. The fourth-order valence-corrected chi connectivity index (χ4v) is 2.69. The fourth-order valence-electron chi connectivity index (χ4n) is 2.69. The molecule has 0 spiro atoms. The molecule has 96 valence electrons. The minimum atomic E-state index is -0.279. The molecule has 2 heterocycles.